The zero-order chi connectivity index (χ0) is 18.6. The van der Waals surface area contributed by atoms with Crippen LogP contribution >= 0.6 is 0 Å². The van der Waals surface area contributed by atoms with Crippen LogP contribution in [-0.4, -0.2) is 60.9 Å². The van der Waals surface area contributed by atoms with Crippen LogP contribution in [0.5, 0.6) is 0 Å². The molecule has 4 fully saturated rings. The third-order valence-corrected chi connectivity index (χ3v) is 6.53. The van der Waals surface area contributed by atoms with Gasteiger partial charge in [0, 0.05) is 25.8 Å². The van der Waals surface area contributed by atoms with E-state index in [-0.39, 0.29) is 42.1 Å². The van der Waals surface area contributed by atoms with Gasteiger partial charge in [0.25, 0.3) is 0 Å². The van der Waals surface area contributed by atoms with Crippen molar-refractivity contribution < 1.29 is 14.3 Å². The highest BCUT2D eigenvalue weighted by molar-refractivity contribution is 5.83. The van der Waals surface area contributed by atoms with Crippen LogP contribution in [-0.2, 0) is 14.3 Å². The minimum absolute atomic E-state index is 0.00570. The monoisotopic (exact) mass is 379 g/mol. The van der Waals surface area contributed by atoms with E-state index in [1.807, 2.05) is 0 Å². The SMILES string of the molecule is O=C(NC1CCCCC1C(=O)OC1CCC1)C1CCC(N2CCNC2)NN1. The van der Waals surface area contributed by atoms with E-state index in [0.29, 0.717) is 0 Å². The number of esters is 1. The molecule has 4 atom stereocenters. The lowest BCUT2D eigenvalue weighted by Crippen LogP contribution is -2.62. The summed E-state index contributed by atoms with van der Waals surface area (Å²) < 4.78 is 5.62. The summed E-state index contributed by atoms with van der Waals surface area (Å²) in [6.07, 6.45) is 8.99. The lowest BCUT2D eigenvalue weighted by atomic mass is 9.84. The molecule has 2 aliphatic heterocycles. The largest absolute Gasteiger partial charge is 0.462 e. The number of nitrogens with zero attached hydrogens (tertiary/aromatic N) is 1. The number of carbonyl (C=O) groups is 2. The van der Waals surface area contributed by atoms with Crippen molar-refractivity contribution in [3.8, 4) is 0 Å². The van der Waals surface area contributed by atoms with Crippen LogP contribution in [0.15, 0.2) is 0 Å². The Morgan fingerprint density at radius 1 is 0.963 bits per heavy atom. The van der Waals surface area contributed by atoms with Crippen molar-refractivity contribution in [2.24, 2.45) is 5.92 Å². The van der Waals surface area contributed by atoms with Gasteiger partial charge < -0.3 is 15.4 Å². The fourth-order valence-electron chi connectivity index (χ4n) is 4.54. The summed E-state index contributed by atoms with van der Waals surface area (Å²) in [7, 11) is 0. The second-order valence-electron chi connectivity index (χ2n) is 8.40. The third kappa shape index (κ3) is 4.62. The first-order valence-corrected chi connectivity index (χ1v) is 10.7. The van der Waals surface area contributed by atoms with E-state index in [2.05, 4.69) is 26.4 Å². The van der Waals surface area contributed by atoms with Gasteiger partial charge in [-0.15, -0.1) is 0 Å². The summed E-state index contributed by atoms with van der Waals surface area (Å²) in [5.74, 6) is -0.307. The molecule has 0 aromatic heterocycles. The Morgan fingerprint density at radius 2 is 1.81 bits per heavy atom. The molecule has 27 heavy (non-hydrogen) atoms. The predicted octanol–water partition coefficient (Wildman–Crippen LogP) is 0.203. The molecule has 2 heterocycles. The molecule has 4 unspecified atom stereocenters. The topological polar surface area (TPSA) is 94.7 Å². The molecule has 0 bridgehead atoms. The van der Waals surface area contributed by atoms with Gasteiger partial charge >= 0.3 is 5.97 Å². The molecule has 0 radical (unpaired) electrons. The molecule has 2 saturated carbocycles. The smallest absolute Gasteiger partial charge is 0.311 e. The van der Waals surface area contributed by atoms with Crippen molar-refractivity contribution in [3.05, 3.63) is 0 Å². The highest BCUT2D eigenvalue weighted by Crippen LogP contribution is 2.29. The molecule has 2 saturated heterocycles. The predicted molar refractivity (Wildman–Crippen MR) is 100 cm³/mol. The van der Waals surface area contributed by atoms with Crippen LogP contribution in [0.2, 0.25) is 0 Å². The molecule has 4 aliphatic rings. The first-order chi connectivity index (χ1) is 13.2. The fourth-order valence-corrected chi connectivity index (χ4v) is 4.54. The standard InChI is InChI=1S/C19H33N5O3/c25-18(16-8-9-17(23-22-16)24-11-10-20-12-24)21-15-7-2-1-6-14(15)19(26)27-13-4-3-5-13/h13-17,20,22-23H,1-12H2,(H,21,25). The van der Waals surface area contributed by atoms with Crippen LogP contribution in [0.1, 0.15) is 57.8 Å². The van der Waals surface area contributed by atoms with Crippen molar-refractivity contribution in [3.63, 3.8) is 0 Å². The average Bonchev–Trinajstić information content (AvgIpc) is 3.20. The van der Waals surface area contributed by atoms with Crippen molar-refractivity contribution in [1.82, 2.24) is 26.4 Å². The van der Waals surface area contributed by atoms with Crippen LogP contribution in [0.3, 0.4) is 0 Å². The maximum Gasteiger partial charge on any atom is 0.311 e. The van der Waals surface area contributed by atoms with Gasteiger partial charge in [-0.1, -0.05) is 12.8 Å². The van der Waals surface area contributed by atoms with Crippen molar-refractivity contribution in [1.29, 1.82) is 0 Å². The quantitative estimate of drug-likeness (QED) is 0.507. The molecule has 0 spiro atoms. The van der Waals surface area contributed by atoms with Crippen LogP contribution in [0, 0.1) is 5.92 Å². The summed E-state index contributed by atoms with van der Waals surface area (Å²) in [5.41, 5.74) is 6.47. The second kappa shape index (κ2) is 8.86. The van der Waals surface area contributed by atoms with Crippen LogP contribution in [0.4, 0.5) is 0 Å². The zero-order valence-corrected chi connectivity index (χ0v) is 16.0. The number of ether oxygens (including phenoxy) is 1. The summed E-state index contributed by atoms with van der Waals surface area (Å²) in [6.45, 7) is 2.94. The molecule has 4 rings (SSSR count). The zero-order valence-electron chi connectivity index (χ0n) is 16.0. The molecule has 0 aromatic rings. The molecule has 152 valence electrons. The summed E-state index contributed by atoms with van der Waals surface area (Å²) >= 11 is 0. The van der Waals surface area contributed by atoms with Crippen molar-refractivity contribution in [2.45, 2.75) is 82.1 Å². The fraction of sp³-hybridized carbons (Fsp3) is 0.895. The minimum Gasteiger partial charge on any atom is -0.462 e. The maximum atomic E-state index is 12.8. The van der Waals surface area contributed by atoms with E-state index in [1.165, 1.54) is 0 Å². The van der Waals surface area contributed by atoms with Gasteiger partial charge in [0.15, 0.2) is 0 Å². The Morgan fingerprint density at radius 3 is 2.48 bits per heavy atom. The third-order valence-electron chi connectivity index (χ3n) is 6.53. The molecule has 0 aromatic carbocycles. The van der Waals surface area contributed by atoms with E-state index in [4.69, 9.17) is 4.74 Å². The van der Waals surface area contributed by atoms with Gasteiger partial charge in [-0.05, 0) is 44.9 Å². The highest BCUT2D eigenvalue weighted by Gasteiger charge is 2.37. The summed E-state index contributed by atoms with van der Waals surface area (Å²) in [6, 6.07) is -0.344. The number of carbonyl (C=O) groups excluding carboxylic acids is 2. The minimum atomic E-state index is -0.248. The number of hydrogen-bond acceptors (Lipinski definition) is 7. The Bertz CT molecular complexity index is 527. The molecule has 2 aliphatic carbocycles. The first-order valence-electron chi connectivity index (χ1n) is 10.7. The van der Waals surface area contributed by atoms with Gasteiger partial charge in [0.2, 0.25) is 5.91 Å². The van der Waals surface area contributed by atoms with Crippen molar-refractivity contribution in [2.75, 3.05) is 19.8 Å². The van der Waals surface area contributed by atoms with E-state index in [1.54, 1.807) is 0 Å². The number of rotatable bonds is 5. The Kier molecular flexibility index (Phi) is 6.27. The van der Waals surface area contributed by atoms with Crippen LogP contribution < -0.4 is 21.5 Å². The van der Waals surface area contributed by atoms with Gasteiger partial charge in [0.1, 0.15) is 12.1 Å². The lowest BCUT2D eigenvalue weighted by Gasteiger charge is -2.37. The Balaban J connectivity index is 1.26. The molecule has 8 heteroatoms. The second-order valence-corrected chi connectivity index (χ2v) is 8.40. The number of amides is 1. The highest BCUT2D eigenvalue weighted by atomic mass is 16.5. The average molecular weight is 380 g/mol. The van der Waals surface area contributed by atoms with Gasteiger partial charge in [-0.25, -0.2) is 10.9 Å². The molecular weight excluding hydrogens is 346 g/mol. The van der Waals surface area contributed by atoms with Gasteiger partial charge in [-0.2, -0.15) is 0 Å². The maximum absolute atomic E-state index is 12.8. The number of hydrogen-bond donors (Lipinski definition) is 4. The number of nitrogens with one attached hydrogen (secondary N) is 4. The molecule has 1 amide bonds. The van der Waals surface area contributed by atoms with Crippen molar-refractivity contribution >= 4 is 11.9 Å². The van der Waals surface area contributed by atoms with Gasteiger partial charge in [-0.3, -0.25) is 14.5 Å². The van der Waals surface area contributed by atoms with Crippen LogP contribution in [0.25, 0.3) is 0 Å². The lowest BCUT2D eigenvalue weighted by molar-refractivity contribution is -0.160. The van der Waals surface area contributed by atoms with Gasteiger partial charge in [0.05, 0.1) is 12.1 Å². The molecule has 8 nitrogen and oxygen atoms in total. The van der Waals surface area contributed by atoms with E-state index < -0.39 is 0 Å². The summed E-state index contributed by atoms with van der Waals surface area (Å²) in [5, 5.41) is 6.48. The van der Waals surface area contributed by atoms with E-state index in [0.717, 1.165) is 77.5 Å². The molecular formula is C19H33N5O3. The normalized spacial score (nSPS) is 35.4. The molecule has 4 N–H and O–H groups in total. The Labute approximate surface area is 161 Å². The van der Waals surface area contributed by atoms with E-state index >= 15 is 0 Å². The summed E-state index contributed by atoms with van der Waals surface area (Å²) in [4.78, 5) is 27.6. The Hall–Kier alpha value is -1.22. The number of hydrazine groups is 1. The first kappa shape index (κ1) is 19.1. The van der Waals surface area contributed by atoms with E-state index in [9.17, 15) is 9.59 Å².